The van der Waals surface area contributed by atoms with Gasteiger partial charge in [-0.25, -0.2) is 9.36 Å². The van der Waals surface area contributed by atoms with Crippen molar-refractivity contribution in [1.82, 2.24) is 19.2 Å². The van der Waals surface area contributed by atoms with Gasteiger partial charge in [-0.05, 0) is 31.4 Å². The molecule has 0 spiro atoms. The first-order valence-corrected chi connectivity index (χ1v) is 8.92. The van der Waals surface area contributed by atoms with E-state index in [0.717, 1.165) is 34.2 Å². The van der Waals surface area contributed by atoms with Crippen LogP contribution in [0.4, 0.5) is 11.6 Å². The maximum absolute atomic E-state index is 13.0. The highest BCUT2D eigenvalue weighted by atomic mass is 16.2. The van der Waals surface area contributed by atoms with Crippen molar-refractivity contribution in [2.24, 2.45) is 0 Å². The number of H-pyrrole nitrogens is 1. The van der Waals surface area contributed by atoms with E-state index in [-0.39, 0.29) is 11.2 Å². The Morgan fingerprint density at radius 1 is 1.11 bits per heavy atom. The Bertz CT molecular complexity index is 1110. The molecule has 0 unspecified atom stereocenters. The Morgan fingerprint density at radius 3 is 2.48 bits per heavy atom. The molecule has 0 saturated carbocycles. The Balaban J connectivity index is 1.89. The minimum atomic E-state index is -0.681. The van der Waals surface area contributed by atoms with Crippen LogP contribution < -0.4 is 21.6 Å². The lowest BCUT2D eigenvalue weighted by Gasteiger charge is -2.29. The molecular formula is C18H20N6O3. The van der Waals surface area contributed by atoms with Gasteiger partial charge in [-0.1, -0.05) is 18.2 Å². The van der Waals surface area contributed by atoms with Gasteiger partial charge in [-0.15, -0.1) is 0 Å². The molecule has 2 aromatic heterocycles. The monoisotopic (exact) mass is 368 g/mol. The summed E-state index contributed by atoms with van der Waals surface area (Å²) in [5.74, 6) is -0.201. The van der Waals surface area contributed by atoms with E-state index in [9.17, 15) is 14.4 Å². The van der Waals surface area contributed by atoms with E-state index in [1.165, 1.54) is 6.92 Å². The van der Waals surface area contributed by atoms with Crippen molar-refractivity contribution in [1.29, 1.82) is 0 Å². The average molecular weight is 368 g/mol. The molecule has 1 fully saturated rings. The zero-order valence-corrected chi connectivity index (χ0v) is 14.9. The van der Waals surface area contributed by atoms with Gasteiger partial charge in [0.2, 0.25) is 11.9 Å². The van der Waals surface area contributed by atoms with Crippen LogP contribution in [0, 0.1) is 0 Å². The lowest BCUT2D eigenvalue weighted by Crippen LogP contribution is -2.55. The predicted octanol–water partition coefficient (Wildman–Crippen LogP) is 1.41. The number of fused-ring (bicyclic) bond motifs is 1. The number of rotatable bonds is 3. The molecule has 3 aromatic rings. The molecule has 140 valence electrons. The van der Waals surface area contributed by atoms with Gasteiger partial charge in [-0.2, -0.15) is 9.66 Å². The summed E-state index contributed by atoms with van der Waals surface area (Å²) >= 11 is 0. The molecule has 1 aliphatic rings. The van der Waals surface area contributed by atoms with E-state index in [2.05, 4.69) is 15.3 Å². The van der Waals surface area contributed by atoms with Gasteiger partial charge in [0.25, 0.3) is 0 Å². The molecule has 3 heterocycles. The summed E-state index contributed by atoms with van der Waals surface area (Å²) in [7, 11) is 0. The van der Waals surface area contributed by atoms with Crippen molar-refractivity contribution in [2.45, 2.75) is 26.2 Å². The number of aromatic amines is 1. The quantitative estimate of drug-likeness (QED) is 0.724. The second-order valence-electron chi connectivity index (χ2n) is 6.54. The summed E-state index contributed by atoms with van der Waals surface area (Å²) in [5, 5.41) is 4.76. The number of imidazole rings is 1. The van der Waals surface area contributed by atoms with Gasteiger partial charge in [0.1, 0.15) is 0 Å². The highest BCUT2D eigenvalue weighted by molar-refractivity contribution is 5.87. The van der Waals surface area contributed by atoms with Crippen molar-refractivity contribution >= 4 is 28.7 Å². The number of hydrogen-bond donors (Lipinski definition) is 2. The molecule has 0 atom stereocenters. The number of nitrogens with one attached hydrogen (secondary N) is 2. The molecule has 9 nitrogen and oxygen atoms in total. The number of carbonyl (C=O) groups is 1. The summed E-state index contributed by atoms with van der Waals surface area (Å²) < 4.78 is 2.01. The highest BCUT2D eigenvalue weighted by Crippen LogP contribution is 2.16. The van der Waals surface area contributed by atoms with Crippen LogP contribution in [0.25, 0.3) is 11.2 Å². The lowest BCUT2D eigenvalue weighted by molar-refractivity contribution is 0.0933. The lowest BCUT2D eigenvalue weighted by atomic mass is 10.2. The Labute approximate surface area is 154 Å². The summed E-state index contributed by atoms with van der Waals surface area (Å²) in [5.41, 5.74) is -0.259. The number of piperidine rings is 1. The van der Waals surface area contributed by atoms with Gasteiger partial charge in [0.15, 0.2) is 11.2 Å². The number of para-hydroxylation sites is 1. The molecule has 9 heteroatoms. The number of nitrogens with zero attached hydrogens (tertiary/aromatic N) is 4. The third-order valence-corrected chi connectivity index (χ3v) is 4.64. The first kappa shape index (κ1) is 17.1. The summed E-state index contributed by atoms with van der Waals surface area (Å²) in [6, 6.07) is 9.29. The molecule has 4 rings (SSSR count). The molecule has 27 heavy (non-hydrogen) atoms. The SMILES string of the molecule is CC(=O)n1c(=O)n(N2CCCCC2)c(=O)c2[nH]c(Nc3ccccc3)nc21. The van der Waals surface area contributed by atoms with Crippen molar-refractivity contribution in [3.8, 4) is 0 Å². The predicted molar refractivity (Wildman–Crippen MR) is 102 cm³/mol. The normalized spacial score (nSPS) is 14.5. The molecule has 1 aliphatic heterocycles. The number of anilines is 2. The van der Waals surface area contributed by atoms with Crippen molar-refractivity contribution in [3.05, 3.63) is 51.2 Å². The average Bonchev–Trinajstić information content (AvgIpc) is 3.07. The van der Waals surface area contributed by atoms with E-state index >= 15 is 0 Å². The van der Waals surface area contributed by atoms with Crippen LogP contribution in [-0.4, -0.2) is 38.2 Å². The molecule has 0 bridgehead atoms. The smallest absolute Gasteiger partial charge is 0.326 e. The third kappa shape index (κ3) is 3.01. The number of carbonyl (C=O) groups excluding carboxylic acids is 1. The second-order valence-corrected chi connectivity index (χ2v) is 6.54. The van der Waals surface area contributed by atoms with Gasteiger partial charge in [0.05, 0.1) is 0 Å². The largest absolute Gasteiger partial charge is 0.358 e. The topological polar surface area (TPSA) is 105 Å². The van der Waals surface area contributed by atoms with Gasteiger partial charge < -0.3 is 15.3 Å². The fourth-order valence-corrected chi connectivity index (χ4v) is 3.38. The molecule has 1 saturated heterocycles. The summed E-state index contributed by atoms with van der Waals surface area (Å²) in [6.45, 7) is 2.48. The van der Waals surface area contributed by atoms with Gasteiger partial charge in [-0.3, -0.25) is 9.59 Å². The minimum absolute atomic E-state index is 0.0317. The summed E-state index contributed by atoms with van der Waals surface area (Å²) in [4.78, 5) is 45.2. The zero-order valence-electron chi connectivity index (χ0n) is 14.9. The van der Waals surface area contributed by atoms with E-state index in [1.807, 2.05) is 30.3 Å². The highest BCUT2D eigenvalue weighted by Gasteiger charge is 2.23. The van der Waals surface area contributed by atoms with Crippen molar-refractivity contribution in [2.75, 3.05) is 23.4 Å². The fourth-order valence-electron chi connectivity index (χ4n) is 3.38. The molecular weight excluding hydrogens is 348 g/mol. The van der Waals surface area contributed by atoms with Crippen molar-refractivity contribution in [3.63, 3.8) is 0 Å². The van der Waals surface area contributed by atoms with E-state index < -0.39 is 17.2 Å². The second kappa shape index (κ2) is 6.75. The molecule has 0 radical (unpaired) electrons. The van der Waals surface area contributed by atoms with E-state index in [0.29, 0.717) is 19.0 Å². The van der Waals surface area contributed by atoms with Crippen LogP contribution in [0.2, 0.25) is 0 Å². The van der Waals surface area contributed by atoms with Crippen LogP contribution in [-0.2, 0) is 0 Å². The maximum Gasteiger partial charge on any atom is 0.358 e. The number of aromatic nitrogens is 4. The van der Waals surface area contributed by atoms with Gasteiger partial charge >= 0.3 is 11.2 Å². The number of hydrogen-bond acceptors (Lipinski definition) is 6. The summed E-state index contributed by atoms with van der Waals surface area (Å²) in [6.07, 6.45) is 2.85. The third-order valence-electron chi connectivity index (χ3n) is 4.64. The maximum atomic E-state index is 13.0. The fraction of sp³-hybridized carbons (Fsp3) is 0.333. The van der Waals surface area contributed by atoms with Crippen LogP contribution in [0.1, 0.15) is 31.0 Å². The van der Waals surface area contributed by atoms with Crippen LogP contribution in [0.15, 0.2) is 39.9 Å². The minimum Gasteiger partial charge on any atom is -0.326 e. The molecule has 0 amide bonds. The standard InChI is InChI=1S/C18H20N6O3/c1-12(25)23-15-14(20-17(21-15)19-13-8-4-2-5-9-13)16(26)24(18(23)27)22-10-6-3-7-11-22/h2,4-5,8-9H,3,6-7,10-11H2,1H3,(H2,19,20,21). The first-order chi connectivity index (χ1) is 13.1. The zero-order chi connectivity index (χ0) is 19.0. The molecule has 0 aliphatic carbocycles. The van der Waals surface area contributed by atoms with Crippen LogP contribution in [0.5, 0.6) is 0 Å². The van der Waals surface area contributed by atoms with Crippen molar-refractivity contribution < 1.29 is 4.79 Å². The van der Waals surface area contributed by atoms with Crippen LogP contribution >= 0.6 is 0 Å². The Hall–Kier alpha value is -3.36. The Kier molecular flexibility index (Phi) is 4.27. The molecule has 1 aromatic carbocycles. The van der Waals surface area contributed by atoms with E-state index in [4.69, 9.17) is 0 Å². The Morgan fingerprint density at radius 2 is 1.81 bits per heavy atom. The first-order valence-electron chi connectivity index (χ1n) is 8.92. The number of benzene rings is 1. The van der Waals surface area contributed by atoms with E-state index in [1.54, 1.807) is 5.01 Å². The molecule has 2 N–H and O–H groups in total. The van der Waals surface area contributed by atoms with Crippen LogP contribution in [0.3, 0.4) is 0 Å². The van der Waals surface area contributed by atoms with Gasteiger partial charge in [0, 0.05) is 25.7 Å².